The van der Waals surface area contributed by atoms with Gasteiger partial charge in [0.15, 0.2) is 0 Å². The Morgan fingerprint density at radius 1 is 1.69 bits per heavy atom. The van der Waals surface area contributed by atoms with E-state index < -0.39 is 5.60 Å². The van der Waals surface area contributed by atoms with Gasteiger partial charge in [0.05, 0.1) is 0 Å². The lowest BCUT2D eigenvalue weighted by Gasteiger charge is -2.30. The predicted molar refractivity (Wildman–Crippen MR) is 59.9 cm³/mol. The molecule has 0 aliphatic carbocycles. The molecule has 16 heavy (non-hydrogen) atoms. The van der Waals surface area contributed by atoms with Crippen molar-refractivity contribution in [3.05, 3.63) is 0 Å². The van der Waals surface area contributed by atoms with Crippen molar-refractivity contribution in [1.82, 2.24) is 10.6 Å². The quantitative estimate of drug-likeness (QED) is 0.722. The van der Waals surface area contributed by atoms with Crippen LogP contribution in [-0.2, 0) is 14.3 Å². The molecule has 1 aliphatic rings. The molecule has 0 aromatic rings. The van der Waals surface area contributed by atoms with E-state index in [1.165, 1.54) is 7.11 Å². The number of ether oxygens (including phenoxy) is 1. The van der Waals surface area contributed by atoms with Crippen molar-refractivity contribution in [2.75, 3.05) is 13.7 Å². The normalized spacial score (nSPS) is 24.4. The van der Waals surface area contributed by atoms with E-state index in [0.717, 1.165) is 0 Å². The Morgan fingerprint density at radius 3 is 2.81 bits per heavy atom. The summed E-state index contributed by atoms with van der Waals surface area (Å²) in [7, 11) is 1.53. The monoisotopic (exact) mass is 228 g/mol. The summed E-state index contributed by atoms with van der Waals surface area (Å²) < 4.78 is 5.21. The Hall–Kier alpha value is -1.10. The van der Waals surface area contributed by atoms with Gasteiger partial charge in [-0.3, -0.25) is 9.59 Å². The van der Waals surface area contributed by atoms with Gasteiger partial charge in [0.25, 0.3) is 5.91 Å². The standard InChI is InChI=1S/C11H20N2O3/c1-4-11(2,16-3)10(15)13-8-5-6-9(14)12-7-8/h8H,4-7H2,1-3H3,(H,12,14)(H,13,15). The molecule has 1 heterocycles. The zero-order valence-corrected chi connectivity index (χ0v) is 10.1. The summed E-state index contributed by atoms with van der Waals surface area (Å²) in [5.41, 5.74) is -0.776. The largest absolute Gasteiger partial charge is 0.369 e. The maximum Gasteiger partial charge on any atom is 0.252 e. The molecule has 2 unspecified atom stereocenters. The van der Waals surface area contributed by atoms with Crippen LogP contribution in [0.4, 0.5) is 0 Å². The molecule has 1 fully saturated rings. The highest BCUT2D eigenvalue weighted by molar-refractivity contribution is 5.85. The van der Waals surface area contributed by atoms with Crippen molar-refractivity contribution in [3.63, 3.8) is 0 Å². The number of rotatable bonds is 4. The Balaban J connectivity index is 2.48. The number of carbonyl (C=O) groups excluding carboxylic acids is 2. The van der Waals surface area contributed by atoms with E-state index in [4.69, 9.17) is 4.74 Å². The minimum absolute atomic E-state index is 0.0197. The van der Waals surface area contributed by atoms with Gasteiger partial charge >= 0.3 is 0 Å². The molecule has 2 N–H and O–H groups in total. The van der Waals surface area contributed by atoms with Crippen LogP contribution in [0.15, 0.2) is 0 Å². The van der Waals surface area contributed by atoms with Crippen molar-refractivity contribution < 1.29 is 14.3 Å². The van der Waals surface area contributed by atoms with E-state index in [2.05, 4.69) is 10.6 Å². The molecule has 0 aromatic carbocycles. The number of nitrogens with one attached hydrogen (secondary N) is 2. The van der Waals surface area contributed by atoms with E-state index in [1.807, 2.05) is 6.92 Å². The van der Waals surface area contributed by atoms with Crippen LogP contribution in [0.5, 0.6) is 0 Å². The van der Waals surface area contributed by atoms with Crippen LogP contribution in [0, 0.1) is 0 Å². The number of carbonyl (C=O) groups is 2. The highest BCUT2D eigenvalue weighted by atomic mass is 16.5. The zero-order chi connectivity index (χ0) is 12.2. The molecule has 1 rings (SSSR count). The molecule has 0 aromatic heterocycles. The molecule has 5 nitrogen and oxygen atoms in total. The average Bonchev–Trinajstić information content (AvgIpc) is 2.31. The maximum atomic E-state index is 11.9. The summed E-state index contributed by atoms with van der Waals surface area (Å²) >= 11 is 0. The van der Waals surface area contributed by atoms with Crippen LogP contribution in [0.1, 0.15) is 33.1 Å². The van der Waals surface area contributed by atoms with Gasteiger partial charge in [0.1, 0.15) is 5.60 Å². The molecule has 0 spiro atoms. The minimum Gasteiger partial charge on any atom is -0.369 e. The summed E-state index contributed by atoms with van der Waals surface area (Å²) in [5.74, 6) is -0.0610. The summed E-state index contributed by atoms with van der Waals surface area (Å²) in [6.45, 7) is 4.18. The van der Waals surface area contributed by atoms with Gasteiger partial charge in [-0.2, -0.15) is 0 Å². The number of amides is 2. The minimum atomic E-state index is -0.776. The second kappa shape index (κ2) is 5.30. The van der Waals surface area contributed by atoms with Gasteiger partial charge in [-0.05, 0) is 19.8 Å². The zero-order valence-electron chi connectivity index (χ0n) is 10.1. The van der Waals surface area contributed by atoms with E-state index in [1.54, 1.807) is 6.92 Å². The Labute approximate surface area is 95.9 Å². The molecule has 0 radical (unpaired) electrons. The van der Waals surface area contributed by atoms with Crippen molar-refractivity contribution in [3.8, 4) is 0 Å². The summed E-state index contributed by atoms with van der Waals surface area (Å²) in [5, 5.41) is 5.63. The van der Waals surface area contributed by atoms with Gasteiger partial charge in [0.2, 0.25) is 5.91 Å². The van der Waals surface area contributed by atoms with E-state index in [-0.39, 0.29) is 17.9 Å². The Morgan fingerprint density at radius 2 is 2.38 bits per heavy atom. The van der Waals surface area contributed by atoms with Crippen LogP contribution in [0.2, 0.25) is 0 Å². The van der Waals surface area contributed by atoms with Crippen molar-refractivity contribution in [2.24, 2.45) is 0 Å². The van der Waals surface area contributed by atoms with Crippen LogP contribution in [-0.4, -0.2) is 37.1 Å². The van der Waals surface area contributed by atoms with E-state index >= 15 is 0 Å². The number of hydrogen-bond acceptors (Lipinski definition) is 3. The third-order valence-electron chi connectivity index (χ3n) is 3.21. The molecule has 1 saturated heterocycles. The molecule has 1 aliphatic heterocycles. The van der Waals surface area contributed by atoms with Gasteiger partial charge in [0, 0.05) is 26.1 Å². The second-order valence-corrected chi connectivity index (χ2v) is 4.30. The second-order valence-electron chi connectivity index (χ2n) is 4.30. The van der Waals surface area contributed by atoms with Crippen LogP contribution in [0.25, 0.3) is 0 Å². The Bertz CT molecular complexity index is 264. The fraction of sp³-hybridized carbons (Fsp3) is 0.818. The molecular formula is C11H20N2O3. The first-order valence-electron chi connectivity index (χ1n) is 5.64. The maximum absolute atomic E-state index is 11.9. The first kappa shape index (κ1) is 13.0. The molecule has 2 atom stereocenters. The molecule has 0 bridgehead atoms. The third-order valence-corrected chi connectivity index (χ3v) is 3.21. The van der Waals surface area contributed by atoms with Crippen molar-refractivity contribution >= 4 is 11.8 Å². The Kier molecular flexibility index (Phi) is 4.29. The van der Waals surface area contributed by atoms with Crippen molar-refractivity contribution in [1.29, 1.82) is 0 Å². The highest BCUT2D eigenvalue weighted by Crippen LogP contribution is 2.15. The van der Waals surface area contributed by atoms with Crippen molar-refractivity contribution in [2.45, 2.75) is 44.8 Å². The lowest BCUT2D eigenvalue weighted by Crippen LogP contribution is -2.54. The van der Waals surface area contributed by atoms with E-state index in [9.17, 15) is 9.59 Å². The predicted octanol–water partition coefficient (Wildman–Crippen LogP) is 0.196. The molecule has 92 valence electrons. The molecular weight excluding hydrogens is 208 g/mol. The van der Waals surface area contributed by atoms with Gasteiger partial charge in [-0.25, -0.2) is 0 Å². The number of hydrogen-bond donors (Lipinski definition) is 2. The summed E-state index contributed by atoms with van der Waals surface area (Å²) in [6.07, 6.45) is 1.79. The molecule has 5 heteroatoms. The fourth-order valence-corrected chi connectivity index (χ4v) is 1.59. The molecule has 2 amide bonds. The lowest BCUT2D eigenvalue weighted by atomic mass is 10.00. The smallest absolute Gasteiger partial charge is 0.252 e. The summed E-state index contributed by atoms with van der Waals surface area (Å²) in [6, 6.07) is 0.0197. The number of methoxy groups -OCH3 is 1. The average molecular weight is 228 g/mol. The lowest BCUT2D eigenvalue weighted by molar-refractivity contribution is -0.143. The fourth-order valence-electron chi connectivity index (χ4n) is 1.59. The number of piperidine rings is 1. The van der Waals surface area contributed by atoms with Gasteiger partial charge in [-0.15, -0.1) is 0 Å². The van der Waals surface area contributed by atoms with E-state index in [0.29, 0.717) is 25.8 Å². The van der Waals surface area contributed by atoms with Crippen LogP contribution in [0.3, 0.4) is 0 Å². The summed E-state index contributed by atoms with van der Waals surface area (Å²) in [4.78, 5) is 22.9. The van der Waals surface area contributed by atoms with Gasteiger partial charge in [-0.1, -0.05) is 6.92 Å². The highest BCUT2D eigenvalue weighted by Gasteiger charge is 2.33. The van der Waals surface area contributed by atoms with Crippen LogP contribution < -0.4 is 10.6 Å². The van der Waals surface area contributed by atoms with Gasteiger partial charge < -0.3 is 15.4 Å². The third kappa shape index (κ3) is 2.95. The first-order valence-corrected chi connectivity index (χ1v) is 5.64. The first-order chi connectivity index (χ1) is 7.51. The van der Waals surface area contributed by atoms with Crippen LogP contribution >= 0.6 is 0 Å². The topological polar surface area (TPSA) is 67.4 Å². The SMILES string of the molecule is CCC(C)(OC)C(=O)NC1CCC(=O)NC1. The molecule has 0 saturated carbocycles.